The van der Waals surface area contributed by atoms with Crippen molar-refractivity contribution in [1.29, 1.82) is 0 Å². The van der Waals surface area contributed by atoms with Crippen LogP contribution in [0.2, 0.25) is 5.02 Å². The summed E-state index contributed by atoms with van der Waals surface area (Å²) in [4.78, 5) is 39.1. The Morgan fingerprint density at radius 3 is 2.54 bits per heavy atom. The van der Waals surface area contributed by atoms with Crippen molar-refractivity contribution in [2.24, 2.45) is 5.92 Å². The molecular weight excluding hydrogens is 385 g/mol. The molecule has 1 atom stereocenters. The van der Waals surface area contributed by atoms with Gasteiger partial charge in [0.15, 0.2) is 0 Å². The molecule has 9 heteroatoms. The lowest BCUT2D eigenvalue weighted by Gasteiger charge is -2.35. The van der Waals surface area contributed by atoms with E-state index in [2.05, 4.69) is 9.97 Å². The molecule has 2 fully saturated rings. The molecule has 0 spiro atoms. The number of hydrogen-bond acceptors (Lipinski definition) is 5. The third kappa shape index (κ3) is 3.64. The van der Waals surface area contributed by atoms with Crippen molar-refractivity contribution in [1.82, 2.24) is 14.9 Å². The average molecular weight is 404 g/mol. The first-order valence-corrected chi connectivity index (χ1v) is 9.47. The van der Waals surface area contributed by atoms with E-state index in [1.54, 1.807) is 23.4 Å². The first kappa shape index (κ1) is 18.6. The fourth-order valence-electron chi connectivity index (χ4n) is 3.62. The fraction of sp³-hybridized carbons (Fsp3) is 0.368. The minimum atomic E-state index is -0.537. The molecule has 1 aromatic carbocycles. The second kappa shape index (κ2) is 7.71. The average Bonchev–Trinajstić information content (AvgIpc) is 3.12. The fourth-order valence-corrected chi connectivity index (χ4v) is 3.79. The molecule has 1 aromatic heterocycles. The number of aromatic nitrogens is 2. The van der Waals surface area contributed by atoms with Gasteiger partial charge in [-0.15, -0.1) is 0 Å². The molecule has 146 valence electrons. The summed E-state index contributed by atoms with van der Waals surface area (Å²) in [7, 11) is 0. The number of benzene rings is 1. The van der Waals surface area contributed by atoms with Gasteiger partial charge in [-0.05, 0) is 24.3 Å². The maximum absolute atomic E-state index is 13.4. The Kier molecular flexibility index (Phi) is 5.13. The van der Waals surface area contributed by atoms with Gasteiger partial charge in [-0.2, -0.15) is 0 Å². The second-order valence-corrected chi connectivity index (χ2v) is 7.27. The van der Waals surface area contributed by atoms with Gasteiger partial charge in [0, 0.05) is 57.2 Å². The van der Waals surface area contributed by atoms with Crippen molar-refractivity contribution < 1.29 is 14.0 Å². The number of hydrogen-bond donors (Lipinski definition) is 0. The minimum Gasteiger partial charge on any atom is -0.339 e. The highest BCUT2D eigenvalue weighted by Gasteiger charge is 2.38. The molecule has 28 heavy (non-hydrogen) atoms. The van der Waals surface area contributed by atoms with Crippen LogP contribution in [-0.4, -0.2) is 59.4 Å². The van der Waals surface area contributed by atoms with Crippen molar-refractivity contribution in [2.75, 3.05) is 42.5 Å². The molecule has 0 N–H and O–H groups in total. The van der Waals surface area contributed by atoms with Gasteiger partial charge in [0.25, 0.3) is 0 Å². The van der Waals surface area contributed by atoms with Crippen LogP contribution in [0.3, 0.4) is 0 Å². The smallest absolute Gasteiger partial charge is 0.228 e. The molecule has 4 rings (SSSR count). The topological polar surface area (TPSA) is 69.6 Å². The first-order valence-electron chi connectivity index (χ1n) is 9.09. The van der Waals surface area contributed by atoms with Crippen molar-refractivity contribution >= 4 is 35.1 Å². The first-order chi connectivity index (χ1) is 13.5. The lowest BCUT2D eigenvalue weighted by atomic mass is 10.1. The molecule has 3 heterocycles. The van der Waals surface area contributed by atoms with Crippen LogP contribution in [0.5, 0.6) is 0 Å². The molecule has 2 amide bonds. The predicted molar refractivity (Wildman–Crippen MR) is 103 cm³/mol. The summed E-state index contributed by atoms with van der Waals surface area (Å²) in [6.07, 6.45) is 3.54. The maximum atomic E-state index is 13.4. The Hall–Kier alpha value is -2.74. The zero-order valence-electron chi connectivity index (χ0n) is 15.1. The summed E-state index contributed by atoms with van der Waals surface area (Å²) in [6, 6.07) is 5.91. The van der Waals surface area contributed by atoms with E-state index in [1.165, 1.54) is 23.1 Å². The van der Waals surface area contributed by atoms with E-state index in [1.807, 2.05) is 4.90 Å². The Bertz CT molecular complexity index is 889. The van der Waals surface area contributed by atoms with Crippen LogP contribution >= 0.6 is 11.6 Å². The molecule has 7 nitrogen and oxygen atoms in total. The summed E-state index contributed by atoms with van der Waals surface area (Å²) in [5.41, 5.74) is 0.512. The number of amides is 2. The van der Waals surface area contributed by atoms with Gasteiger partial charge in [0.1, 0.15) is 5.82 Å². The number of rotatable bonds is 3. The molecule has 0 radical (unpaired) electrons. The monoisotopic (exact) mass is 403 g/mol. The Balaban J connectivity index is 1.38. The SMILES string of the molecule is O=C(C1CC(=O)N(c2ccc(F)c(Cl)c2)C1)N1CCN(c2ncccn2)CC1. The number of halogens is 2. The number of carbonyl (C=O) groups excluding carboxylic acids is 2. The van der Waals surface area contributed by atoms with Crippen LogP contribution in [0.4, 0.5) is 16.0 Å². The van der Waals surface area contributed by atoms with E-state index in [0.29, 0.717) is 37.8 Å². The van der Waals surface area contributed by atoms with Crippen LogP contribution in [0.1, 0.15) is 6.42 Å². The third-order valence-electron chi connectivity index (χ3n) is 5.12. The zero-order chi connectivity index (χ0) is 19.7. The Morgan fingerprint density at radius 2 is 1.86 bits per heavy atom. The molecular formula is C19H19ClFN5O2. The largest absolute Gasteiger partial charge is 0.339 e. The quantitative estimate of drug-likeness (QED) is 0.783. The van der Waals surface area contributed by atoms with E-state index in [4.69, 9.17) is 11.6 Å². The van der Waals surface area contributed by atoms with Crippen LogP contribution in [-0.2, 0) is 9.59 Å². The van der Waals surface area contributed by atoms with Crippen LogP contribution in [0, 0.1) is 11.7 Å². The van der Waals surface area contributed by atoms with Crippen molar-refractivity contribution in [3.05, 3.63) is 47.5 Å². The molecule has 0 saturated carbocycles. The lowest BCUT2D eigenvalue weighted by molar-refractivity contribution is -0.136. The summed E-state index contributed by atoms with van der Waals surface area (Å²) >= 11 is 5.82. The highest BCUT2D eigenvalue weighted by molar-refractivity contribution is 6.31. The normalized spacial score (nSPS) is 20.0. The number of nitrogens with zero attached hydrogens (tertiary/aromatic N) is 5. The van der Waals surface area contributed by atoms with Gasteiger partial charge in [-0.1, -0.05) is 11.6 Å². The van der Waals surface area contributed by atoms with E-state index >= 15 is 0 Å². The van der Waals surface area contributed by atoms with Gasteiger partial charge in [0.2, 0.25) is 17.8 Å². The Labute approximate surface area is 166 Å². The molecule has 1 unspecified atom stereocenters. The van der Waals surface area contributed by atoms with Gasteiger partial charge in [0.05, 0.1) is 10.9 Å². The molecule has 2 aliphatic rings. The Morgan fingerprint density at radius 1 is 1.14 bits per heavy atom. The maximum Gasteiger partial charge on any atom is 0.228 e. The molecule has 2 aliphatic heterocycles. The minimum absolute atomic E-state index is 0.0299. The zero-order valence-corrected chi connectivity index (χ0v) is 15.8. The summed E-state index contributed by atoms with van der Waals surface area (Å²) in [5, 5.41) is -0.0423. The highest BCUT2D eigenvalue weighted by Crippen LogP contribution is 2.29. The van der Waals surface area contributed by atoms with Gasteiger partial charge in [-0.25, -0.2) is 14.4 Å². The number of piperazine rings is 1. The van der Waals surface area contributed by atoms with E-state index < -0.39 is 11.7 Å². The molecule has 0 bridgehead atoms. The van der Waals surface area contributed by atoms with E-state index in [9.17, 15) is 14.0 Å². The van der Waals surface area contributed by atoms with Gasteiger partial charge >= 0.3 is 0 Å². The van der Waals surface area contributed by atoms with Crippen molar-refractivity contribution in [3.8, 4) is 0 Å². The molecule has 0 aliphatic carbocycles. The van der Waals surface area contributed by atoms with Crippen LogP contribution in [0.15, 0.2) is 36.7 Å². The summed E-state index contributed by atoms with van der Waals surface area (Å²) < 4.78 is 13.4. The second-order valence-electron chi connectivity index (χ2n) is 6.86. The predicted octanol–water partition coefficient (Wildman–Crippen LogP) is 1.97. The highest BCUT2D eigenvalue weighted by atomic mass is 35.5. The number of anilines is 2. The lowest BCUT2D eigenvalue weighted by Crippen LogP contribution is -2.51. The van der Waals surface area contributed by atoms with Gasteiger partial charge < -0.3 is 14.7 Å². The van der Waals surface area contributed by atoms with Gasteiger partial charge in [-0.3, -0.25) is 9.59 Å². The standard InChI is InChI=1S/C19H19ClFN5O2/c20-15-11-14(2-3-16(15)21)26-12-13(10-17(26)27)18(28)24-6-8-25(9-7-24)19-22-4-1-5-23-19/h1-5,11,13H,6-10,12H2. The van der Waals surface area contributed by atoms with Crippen LogP contribution < -0.4 is 9.80 Å². The van der Waals surface area contributed by atoms with E-state index in [-0.39, 0.29) is 29.8 Å². The number of carbonyl (C=O) groups is 2. The molecule has 2 saturated heterocycles. The van der Waals surface area contributed by atoms with Crippen molar-refractivity contribution in [3.63, 3.8) is 0 Å². The summed E-state index contributed by atoms with van der Waals surface area (Å²) in [6.45, 7) is 2.69. The third-order valence-corrected chi connectivity index (χ3v) is 5.41. The van der Waals surface area contributed by atoms with Crippen molar-refractivity contribution in [2.45, 2.75) is 6.42 Å². The van der Waals surface area contributed by atoms with Crippen LogP contribution in [0.25, 0.3) is 0 Å². The summed E-state index contributed by atoms with van der Waals surface area (Å²) in [5.74, 6) is -0.471. The van der Waals surface area contributed by atoms with E-state index in [0.717, 1.165) is 0 Å². The molecule has 2 aromatic rings.